The summed E-state index contributed by atoms with van der Waals surface area (Å²) in [6, 6.07) is 26.6. The maximum Gasteiger partial charge on any atom is 0.269 e. The van der Waals surface area contributed by atoms with E-state index in [2.05, 4.69) is 48.2 Å². The van der Waals surface area contributed by atoms with Gasteiger partial charge in [-0.25, -0.2) is 4.99 Å². The molecular formula is C27H23N3OS2. The zero-order valence-corrected chi connectivity index (χ0v) is 20.1. The number of amidine groups is 1. The molecule has 6 heteroatoms. The molecule has 0 atom stereocenters. The molecule has 2 aliphatic rings. The minimum Gasteiger partial charge on any atom is -0.334 e. The summed E-state index contributed by atoms with van der Waals surface area (Å²) in [7, 11) is 1.79. The molecule has 2 heterocycles. The highest BCUT2D eigenvalue weighted by atomic mass is 32.2. The summed E-state index contributed by atoms with van der Waals surface area (Å²) in [5, 5.41) is 1.69. The van der Waals surface area contributed by atoms with Crippen molar-refractivity contribution in [2.75, 3.05) is 18.5 Å². The van der Waals surface area contributed by atoms with Gasteiger partial charge in [0.25, 0.3) is 5.91 Å². The monoisotopic (exact) mass is 469 g/mol. The predicted octanol–water partition coefficient (Wildman–Crippen LogP) is 6.85. The average molecular weight is 470 g/mol. The molecule has 0 radical (unpaired) electrons. The fourth-order valence-electron chi connectivity index (χ4n) is 3.72. The minimum absolute atomic E-state index is 0.00470. The lowest BCUT2D eigenvalue weighted by atomic mass is 10.1. The van der Waals surface area contributed by atoms with Gasteiger partial charge in [-0.15, -0.1) is 0 Å². The van der Waals surface area contributed by atoms with Gasteiger partial charge in [-0.05, 0) is 54.1 Å². The molecule has 0 aromatic heterocycles. The lowest BCUT2D eigenvalue weighted by molar-refractivity contribution is -0.121. The third-order valence-corrected chi connectivity index (χ3v) is 7.92. The lowest BCUT2D eigenvalue weighted by Crippen LogP contribution is -2.25. The van der Waals surface area contributed by atoms with E-state index in [1.807, 2.05) is 54.6 Å². The Balaban J connectivity index is 1.37. The molecule has 0 saturated carbocycles. The Morgan fingerprint density at radius 2 is 1.52 bits per heavy atom. The smallest absolute Gasteiger partial charge is 0.269 e. The van der Waals surface area contributed by atoms with Gasteiger partial charge in [0.15, 0.2) is 5.17 Å². The molecule has 0 bridgehead atoms. The number of nitrogens with zero attached hydrogens (tertiary/aromatic N) is 3. The van der Waals surface area contributed by atoms with Crippen LogP contribution in [0, 0.1) is 0 Å². The maximum atomic E-state index is 13.1. The van der Waals surface area contributed by atoms with Crippen molar-refractivity contribution in [2.45, 2.75) is 11.8 Å². The summed E-state index contributed by atoms with van der Waals surface area (Å²) in [6.07, 6.45) is 4.18. The molecule has 2 aliphatic heterocycles. The number of hydrogen-bond acceptors (Lipinski definition) is 5. The molecule has 3 aromatic carbocycles. The number of rotatable bonds is 4. The largest absolute Gasteiger partial charge is 0.334 e. The van der Waals surface area contributed by atoms with Crippen LogP contribution in [0.2, 0.25) is 0 Å². The van der Waals surface area contributed by atoms with Gasteiger partial charge in [-0.1, -0.05) is 78.5 Å². The van der Waals surface area contributed by atoms with Crippen molar-refractivity contribution in [1.29, 1.82) is 0 Å². The first-order chi connectivity index (χ1) is 16.1. The van der Waals surface area contributed by atoms with Gasteiger partial charge in [0.1, 0.15) is 9.93 Å². The van der Waals surface area contributed by atoms with Gasteiger partial charge in [0.2, 0.25) is 0 Å². The van der Waals surface area contributed by atoms with Crippen LogP contribution in [-0.4, -0.2) is 29.6 Å². The molecule has 3 aromatic rings. The second-order valence-electron chi connectivity index (χ2n) is 7.64. The topological polar surface area (TPSA) is 35.9 Å². The number of para-hydroxylation sites is 1. The van der Waals surface area contributed by atoms with Crippen LogP contribution in [0.15, 0.2) is 98.7 Å². The van der Waals surface area contributed by atoms with E-state index in [1.54, 1.807) is 23.7 Å². The number of benzene rings is 3. The number of anilines is 1. The lowest BCUT2D eigenvalue weighted by Gasteiger charge is -2.18. The van der Waals surface area contributed by atoms with Crippen LogP contribution in [0.3, 0.4) is 0 Å². The van der Waals surface area contributed by atoms with Crippen molar-refractivity contribution >= 4 is 58.1 Å². The SMILES string of the molecule is CCN1/C(=C2/SC(=Nc3ccc(/C=C\c4ccccc4)cc3)N(C)C2=O)Sc2ccccc21. The zero-order chi connectivity index (χ0) is 22.8. The molecule has 33 heavy (non-hydrogen) atoms. The second-order valence-corrected chi connectivity index (χ2v) is 9.65. The third-order valence-electron chi connectivity index (χ3n) is 5.48. The van der Waals surface area contributed by atoms with Crippen LogP contribution < -0.4 is 4.90 Å². The van der Waals surface area contributed by atoms with Crippen molar-refractivity contribution in [3.05, 3.63) is 99.9 Å². The van der Waals surface area contributed by atoms with Gasteiger partial charge in [0.05, 0.1) is 11.4 Å². The van der Waals surface area contributed by atoms with E-state index in [0.717, 1.165) is 39.0 Å². The molecule has 164 valence electrons. The highest BCUT2D eigenvalue weighted by Gasteiger charge is 2.37. The Bertz CT molecular complexity index is 1280. The zero-order valence-electron chi connectivity index (χ0n) is 18.4. The third kappa shape index (κ3) is 4.36. The number of thioether (sulfide) groups is 2. The van der Waals surface area contributed by atoms with Crippen molar-refractivity contribution in [3.8, 4) is 0 Å². The highest BCUT2D eigenvalue weighted by molar-refractivity contribution is 8.19. The molecule has 0 unspecified atom stereocenters. The number of hydrogen-bond donors (Lipinski definition) is 0. The maximum absolute atomic E-state index is 13.1. The Morgan fingerprint density at radius 1 is 0.848 bits per heavy atom. The Kier molecular flexibility index (Phi) is 6.11. The molecule has 0 aliphatic carbocycles. The molecule has 1 fully saturated rings. The number of aliphatic imine (C=N–C) groups is 1. The number of carbonyl (C=O) groups is 1. The first-order valence-electron chi connectivity index (χ1n) is 10.8. The molecule has 0 N–H and O–H groups in total. The van der Waals surface area contributed by atoms with Crippen molar-refractivity contribution in [3.63, 3.8) is 0 Å². The number of carbonyl (C=O) groups excluding carboxylic acids is 1. The summed E-state index contributed by atoms with van der Waals surface area (Å²) in [5.74, 6) is -0.00470. The van der Waals surface area contributed by atoms with Gasteiger partial charge < -0.3 is 4.90 Å². The summed E-state index contributed by atoms with van der Waals surface area (Å²) < 4.78 is 0. The molecule has 1 saturated heterocycles. The second kappa shape index (κ2) is 9.33. The van der Waals surface area contributed by atoms with Gasteiger partial charge >= 0.3 is 0 Å². The predicted molar refractivity (Wildman–Crippen MR) is 142 cm³/mol. The van der Waals surface area contributed by atoms with E-state index in [4.69, 9.17) is 4.99 Å². The molecule has 4 nitrogen and oxygen atoms in total. The van der Waals surface area contributed by atoms with Gasteiger partial charge in [0, 0.05) is 18.5 Å². The van der Waals surface area contributed by atoms with Crippen molar-refractivity contribution in [1.82, 2.24) is 4.90 Å². The van der Waals surface area contributed by atoms with Crippen LogP contribution in [0.4, 0.5) is 11.4 Å². The number of likely N-dealkylation sites (N-methyl/N-ethyl adjacent to an activating group) is 1. The summed E-state index contributed by atoms with van der Waals surface area (Å²) in [5.41, 5.74) is 4.26. The van der Waals surface area contributed by atoms with Crippen LogP contribution >= 0.6 is 23.5 Å². The minimum atomic E-state index is -0.00470. The van der Waals surface area contributed by atoms with Crippen LogP contribution in [0.25, 0.3) is 12.2 Å². The summed E-state index contributed by atoms with van der Waals surface area (Å²) >= 11 is 3.11. The first-order valence-corrected chi connectivity index (χ1v) is 12.4. The Hall–Kier alpha value is -3.22. The van der Waals surface area contributed by atoms with E-state index >= 15 is 0 Å². The van der Waals surface area contributed by atoms with Crippen LogP contribution in [0.5, 0.6) is 0 Å². The number of fused-ring (bicyclic) bond motifs is 1. The van der Waals surface area contributed by atoms with E-state index in [0.29, 0.717) is 5.17 Å². The quantitative estimate of drug-likeness (QED) is 0.309. The normalized spacial score (nSPS) is 19.2. The van der Waals surface area contributed by atoms with Crippen molar-refractivity contribution in [2.24, 2.45) is 4.99 Å². The Labute approximate surface area is 202 Å². The van der Waals surface area contributed by atoms with E-state index < -0.39 is 0 Å². The highest BCUT2D eigenvalue weighted by Crippen LogP contribution is 2.50. The fourth-order valence-corrected chi connectivity index (χ4v) is 6.10. The van der Waals surface area contributed by atoms with E-state index in [9.17, 15) is 4.79 Å². The molecule has 5 rings (SSSR count). The van der Waals surface area contributed by atoms with Crippen LogP contribution in [0.1, 0.15) is 18.1 Å². The van der Waals surface area contributed by atoms with E-state index in [1.165, 1.54) is 16.7 Å². The average Bonchev–Trinajstić information content (AvgIpc) is 3.36. The Morgan fingerprint density at radius 3 is 2.24 bits per heavy atom. The molecule has 1 amide bonds. The first kappa shape index (κ1) is 21.6. The van der Waals surface area contributed by atoms with Crippen molar-refractivity contribution < 1.29 is 4.79 Å². The molecular weight excluding hydrogens is 446 g/mol. The number of amides is 1. The molecule has 0 spiro atoms. The van der Waals surface area contributed by atoms with Gasteiger partial charge in [-0.3, -0.25) is 9.69 Å². The van der Waals surface area contributed by atoms with Gasteiger partial charge in [-0.2, -0.15) is 0 Å². The summed E-state index contributed by atoms with van der Waals surface area (Å²) in [6.45, 7) is 2.92. The summed E-state index contributed by atoms with van der Waals surface area (Å²) in [4.78, 5) is 23.6. The van der Waals surface area contributed by atoms with E-state index in [-0.39, 0.29) is 5.91 Å². The fraction of sp³-hybridized carbons (Fsp3) is 0.111. The van der Waals surface area contributed by atoms with Crippen LogP contribution in [-0.2, 0) is 4.79 Å². The standard InChI is InChI=1S/C27H23N3OS2/c1-3-30-22-11-7-8-12-23(22)32-26(30)24-25(31)29(2)27(33-24)28-21-17-15-20(16-18-21)14-13-19-9-5-4-6-10-19/h4-18H,3H2,1-2H3/b14-13-,26-24-,28-27?.